The average molecular weight is 343 g/mol. The summed E-state index contributed by atoms with van der Waals surface area (Å²) < 4.78 is 33.0. The molecule has 0 unspecified atom stereocenters. The largest absolute Gasteiger partial charge is 0.488 e. The number of hydrogen-bond acceptors (Lipinski definition) is 2. The van der Waals surface area contributed by atoms with E-state index < -0.39 is 11.6 Å². The molecule has 0 saturated heterocycles. The third-order valence-corrected chi connectivity index (χ3v) is 3.51. The van der Waals surface area contributed by atoms with E-state index in [9.17, 15) is 13.9 Å². The molecule has 1 N–H and O–H groups in total. The Bertz CT molecular complexity index is 630. The van der Waals surface area contributed by atoms with Crippen LogP contribution in [0.25, 0.3) is 0 Å². The topological polar surface area (TPSA) is 29.5 Å². The molecule has 0 heterocycles. The quantitative estimate of drug-likeness (QED) is 0.847. The summed E-state index contributed by atoms with van der Waals surface area (Å²) in [5.74, 6) is -0.928. The zero-order valence-electron chi connectivity index (χ0n) is 10.8. The molecule has 106 valence electrons. The molecule has 0 bridgehead atoms. The molecule has 0 spiro atoms. The zero-order valence-corrected chi connectivity index (χ0v) is 12.4. The first kappa shape index (κ1) is 14.9. The Morgan fingerprint density at radius 3 is 2.65 bits per heavy atom. The van der Waals surface area contributed by atoms with Gasteiger partial charge in [0.05, 0.1) is 16.6 Å². The minimum absolute atomic E-state index is 0.149. The zero-order chi connectivity index (χ0) is 14.7. The number of halogens is 3. The fourth-order valence-electron chi connectivity index (χ4n) is 1.82. The van der Waals surface area contributed by atoms with Crippen molar-refractivity contribution in [2.24, 2.45) is 0 Å². The third-order valence-electron chi connectivity index (χ3n) is 2.90. The summed E-state index contributed by atoms with van der Waals surface area (Å²) >= 11 is 3.01. The summed E-state index contributed by atoms with van der Waals surface area (Å²) in [7, 11) is 0. The predicted molar refractivity (Wildman–Crippen MR) is 75.5 cm³/mol. The van der Waals surface area contributed by atoms with Crippen LogP contribution in [0.5, 0.6) is 5.75 Å². The smallest absolute Gasteiger partial charge is 0.146 e. The molecule has 20 heavy (non-hydrogen) atoms. The van der Waals surface area contributed by atoms with E-state index in [1.165, 1.54) is 12.1 Å². The third kappa shape index (κ3) is 3.16. The Balaban J connectivity index is 2.23. The maximum Gasteiger partial charge on any atom is 0.146 e. The molecule has 0 radical (unpaired) electrons. The highest BCUT2D eigenvalue weighted by molar-refractivity contribution is 9.10. The molecule has 0 atom stereocenters. The first-order valence-corrected chi connectivity index (χ1v) is 6.77. The van der Waals surface area contributed by atoms with E-state index in [4.69, 9.17) is 4.74 Å². The lowest BCUT2D eigenvalue weighted by Crippen LogP contribution is -2.04. The van der Waals surface area contributed by atoms with Crippen molar-refractivity contribution in [3.8, 4) is 5.75 Å². The van der Waals surface area contributed by atoms with E-state index in [1.54, 1.807) is 12.1 Å². The van der Waals surface area contributed by atoms with Crippen LogP contribution < -0.4 is 4.74 Å². The van der Waals surface area contributed by atoms with Crippen LogP contribution in [0.2, 0.25) is 0 Å². The Kier molecular flexibility index (Phi) is 4.73. The van der Waals surface area contributed by atoms with Crippen LogP contribution in [0.1, 0.15) is 16.7 Å². The molecule has 0 saturated carbocycles. The Morgan fingerprint density at radius 1 is 1.20 bits per heavy atom. The average Bonchev–Trinajstić information content (AvgIpc) is 2.44. The van der Waals surface area contributed by atoms with Crippen molar-refractivity contribution in [1.82, 2.24) is 0 Å². The normalized spacial score (nSPS) is 10.7. The molecule has 5 heteroatoms. The van der Waals surface area contributed by atoms with Crippen molar-refractivity contribution in [2.75, 3.05) is 0 Å². The predicted octanol–water partition coefficient (Wildman–Crippen LogP) is 4.11. The van der Waals surface area contributed by atoms with Crippen molar-refractivity contribution < 1.29 is 18.6 Å². The van der Waals surface area contributed by atoms with Crippen molar-refractivity contribution in [2.45, 2.75) is 20.1 Å². The molecule has 2 aromatic carbocycles. The highest BCUT2D eigenvalue weighted by Gasteiger charge is 2.13. The maximum atomic E-state index is 13.8. The SMILES string of the molecule is Cc1ccc(OCc2c(F)ccc(Br)c2F)c(CO)c1. The molecule has 2 nitrogen and oxygen atoms in total. The fraction of sp³-hybridized carbons (Fsp3) is 0.200. The van der Waals surface area contributed by atoms with Crippen LogP contribution in [0.3, 0.4) is 0 Å². The first-order chi connectivity index (χ1) is 9.52. The van der Waals surface area contributed by atoms with Crippen molar-refractivity contribution in [3.05, 3.63) is 63.1 Å². The lowest BCUT2D eigenvalue weighted by molar-refractivity contribution is 0.255. The van der Waals surface area contributed by atoms with Crippen LogP contribution in [-0.2, 0) is 13.2 Å². The number of rotatable bonds is 4. The second-order valence-corrected chi connectivity index (χ2v) is 5.23. The molecular formula is C15H13BrF2O2. The van der Waals surface area contributed by atoms with Gasteiger partial charge in [-0.25, -0.2) is 8.78 Å². The lowest BCUT2D eigenvalue weighted by atomic mass is 10.1. The molecule has 0 aliphatic carbocycles. The lowest BCUT2D eigenvalue weighted by Gasteiger charge is -2.12. The van der Waals surface area contributed by atoms with Crippen LogP contribution in [0.15, 0.2) is 34.8 Å². The molecule has 0 aliphatic heterocycles. The summed E-state index contributed by atoms with van der Waals surface area (Å²) in [4.78, 5) is 0. The van der Waals surface area contributed by atoms with Crippen LogP contribution in [0.4, 0.5) is 8.78 Å². The van der Waals surface area contributed by atoms with E-state index in [-0.39, 0.29) is 23.2 Å². The number of aryl methyl sites for hydroxylation is 1. The highest BCUT2D eigenvalue weighted by Crippen LogP contribution is 2.25. The van der Waals surface area contributed by atoms with Gasteiger partial charge in [0.2, 0.25) is 0 Å². The first-order valence-electron chi connectivity index (χ1n) is 5.98. The monoisotopic (exact) mass is 342 g/mol. The van der Waals surface area contributed by atoms with Gasteiger partial charge in [-0.05, 0) is 41.1 Å². The fourth-order valence-corrected chi connectivity index (χ4v) is 2.20. The minimum Gasteiger partial charge on any atom is -0.488 e. The van der Waals surface area contributed by atoms with Crippen LogP contribution in [0, 0.1) is 18.6 Å². The molecular weight excluding hydrogens is 330 g/mol. The minimum atomic E-state index is -0.678. The molecule has 0 amide bonds. The van der Waals surface area contributed by atoms with Crippen molar-refractivity contribution >= 4 is 15.9 Å². The van der Waals surface area contributed by atoms with Crippen LogP contribution >= 0.6 is 15.9 Å². The second kappa shape index (κ2) is 6.33. The van der Waals surface area contributed by atoms with Gasteiger partial charge in [-0.2, -0.15) is 0 Å². The standard InChI is InChI=1S/C15H13BrF2O2/c1-9-2-5-14(10(6-9)7-19)20-8-11-13(17)4-3-12(16)15(11)18/h2-6,19H,7-8H2,1H3. The van der Waals surface area contributed by atoms with Gasteiger partial charge in [0.25, 0.3) is 0 Å². The van der Waals surface area contributed by atoms with Crippen LogP contribution in [-0.4, -0.2) is 5.11 Å². The summed E-state index contributed by atoms with van der Waals surface area (Å²) in [5.41, 5.74) is 1.41. The van der Waals surface area contributed by atoms with E-state index >= 15 is 0 Å². The van der Waals surface area contributed by atoms with Gasteiger partial charge in [0.15, 0.2) is 0 Å². The highest BCUT2D eigenvalue weighted by atomic mass is 79.9. The number of ether oxygens (including phenoxy) is 1. The molecule has 2 rings (SSSR count). The molecule has 0 aliphatic rings. The molecule has 0 aromatic heterocycles. The van der Waals surface area contributed by atoms with Gasteiger partial charge >= 0.3 is 0 Å². The number of benzene rings is 2. The number of hydrogen-bond donors (Lipinski definition) is 1. The van der Waals surface area contributed by atoms with E-state index in [0.29, 0.717) is 11.3 Å². The van der Waals surface area contributed by atoms with Gasteiger partial charge in [0, 0.05) is 5.56 Å². The van der Waals surface area contributed by atoms with Gasteiger partial charge < -0.3 is 9.84 Å². The second-order valence-electron chi connectivity index (χ2n) is 4.38. The number of aliphatic hydroxyl groups excluding tert-OH is 1. The Hall–Kier alpha value is -1.46. The van der Waals surface area contributed by atoms with Gasteiger partial charge in [-0.3, -0.25) is 0 Å². The van der Waals surface area contributed by atoms with Gasteiger partial charge in [0.1, 0.15) is 24.0 Å². The summed E-state index contributed by atoms with van der Waals surface area (Å²) in [6.07, 6.45) is 0. The van der Waals surface area contributed by atoms with Gasteiger partial charge in [-0.1, -0.05) is 17.7 Å². The van der Waals surface area contributed by atoms with E-state index in [0.717, 1.165) is 5.56 Å². The van der Waals surface area contributed by atoms with Crippen molar-refractivity contribution in [3.63, 3.8) is 0 Å². The Morgan fingerprint density at radius 2 is 1.95 bits per heavy atom. The van der Waals surface area contributed by atoms with E-state index in [2.05, 4.69) is 15.9 Å². The van der Waals surface area contributed by atoms with E-state index in [1.807, 2.05) is 13.0 Å². The Labute approximate surface area is 124 Å². The van der Waals surface area contributed by atoms with Gasteiger partial charge in [-0.15, -0.1) is 0 Å². The van der Waals surface area contributed by atoms with Crippen molar-refractivity contribution in [1.29, 1.82) is 0 Å². The summed E-state index contributed by atoms with van der Waals surface area (Å²) in [6, 6.07) is 7.73. The molecule has 0 fully saturated rings. The maximum absolute atomic E-state index is 13.8. The number of aliphatic hydroxyl groups is 1. The summed E-state index contributed by atoms with van der Waals surface area (Å²) in [6.45, 7) is 1.45. The summed E-state index contributed by atoms with van der Waals surface area (Å²) in [5, 5.41) is 9.26. The molecule has 2 aromatic rings.